The molecule has 2 aromatic heterocycles. The number of methoxy groups -OCH3 is 1. The lowest BCUT2D eigenvalue weighted by atomic mass is 9.95. The summed E-state index contributed by atoms with van der Waals surface area (Å²) in [4.78, 5) is 20.0. The maximum Gasteiger partial charge on any atom is 0.258 e. The highest BCUT2D eigenvalue weighted by Crippen LogP contribution is 2.36. The van der Waals surface area contributed by atoms with Gasteiger partial charge in [0.15, 0.2) is 11.0 Å². The maximum absolute atomic E-state index is 12.5. The first-order valence-electron chi connectivity index (χ1n) is 11.0. The maximum atomic E-state index is 12.5. The zero-order chi connectivity index (χ0) is 22.8. The molecule has 0 atom stereocenters. The number of hydrogen-bond donors (Lipinski definition) is 1. The summed E-state index contributed by atoms with van der Waals surface area (Å²) < 4.78 is 7.57. The summed E-state index contributed by atoms with van der Waals surface area (Å²) in [6, 6.07) is 13.4. The lowest BCUT2D eigenvalue weighted by molar-refractivity contribution is 0.339. The highest BCUT2D eigenvalue weighted by Gasteiger charge is 2.24. The Morgan fingerprint density at radius 2 is 1.91 bits per heavy atom. The van der Waals surface area contributed by atoms with Gasteiger partial charge in [0, 0.05) is 16.6 Å². The van der Waals surface area contributed by atoms with Crippen LogP contribution in [0, 0.1) is 0 Å². The standard InChI is InChI=1S/C24H24ClN5O2S/c1-32-18-10-7-15(8-11-18)22-28-29-24(30(22)17-5-3-2-4-6-17)33-14-21-26-20-13-16(25)9-12-19(20)23(31)27-21/h7-13,17H,2-6,14H2,1H3,(H,26,27,31). The number of rotatable bonds is 6. The van der Waals surface area contributed by atoms with Gasteiger partial charge < -0.3 is 9.72 Å². The molecule has 2 aromatic carbocycles. The lowest BCUT2D eigenvalue weighted by Crippen LogP contribution is -2.15. The van der Waals surface area contributed by atoms with Crippen LogP contribution in [0.5, 0.6) is 5.75 Å². The van der Waals surface area contributed by atoms with E-state index >= 15 is 0 Å². The summed E-state index contributed by atoms with van der Waals surface area (Å²) in [7, 11) is 1.66. The molecule has 33 heavy (non-hydrogen) atoms. The van der Waals surface area contributed by atoms with Gasteiger partial charge in [-0.15, -0.1) is 10.2 Å². The van der Waals surface area contributed by atoms with Crippen molar-refractivity contribution in [3.05, 3.63) is 63.7 Å². The van der Waals surface area contributed by atoms with Gasteiger partial charge in [0.25, 0.3) is 5.56 Å². The number of aromatic amines is 1. The number of aromatic nitrogens is 5. The van der Waals surface area contributed by atoms with E-state index in [1.807, 2.05) is 24.3 Å². The van der Waals surface area contributed by atoms with Crippen LogP contribution in [0.1, 0.15) is 44.0 Å². The summed E-state index contributed by atoms with van der Waals surface area (Å²) in [6.45, 7) is 0. The molecule has 9 heteroatoms. The van der Waals surface area contributed by atoms with Crippen LogP contribution in [0.2, 0.25) is 5.02 Å². The Hall–Kier alpha value is -2.84. The number of benzene rings is 2. The van der Waals surface area contributed by atoms with E-state index in [9.17, 15) is 4.79 Å². The highest BCUT2D eigenvalue weighted by molar-refractivity contribution is 7.98. The van der Waals surface area contributed by atoms with Crippen LogP contribution >= 0.6 is 23.4 Å². The summed E-state index contributed by atoms with van der Waals surface area (Å²) in [5, 5.41) is 11.0. The molecule has 1 fully saturated rings. The normalized spacial score (nSPS) is 14.6. The highest BCUT2D eigenvalue weighted by atomic mass is 35.5. The molecule has 4 aromatic rings. The monoisotopic (exact) mass is 481 g/mol. The third-order valence-corrected chi connectivity index (χ3v) is 7.20. The number of nitrogens with zero attached hydrogens (tertiary/aromatic N) is 4. The van der Waals surface area contributed by atoms with Crippen LogP contribution in [-0.4, -0.2) is 31.8 Å². The van der Waals surface area contributed by atoms with Crippen molar-refractivity contribution in [3.63, 3.8) is 0 Å². The smallest absolute Gasteiger partial charge is 0.258 e. The van der Waals surface area contributed by atoms with E-state index in [-0.39, 0.29) is 5.56 Å². The molecule has 170 valence electrons. The Morgan fingerprint density at radius 3 is 2.67 bits per heavy atom. The van der Waals surface area contributed by atoms with Gasteiger partial charge in [0.1, 0.15) is 11.6 Å². The molecule has 0 unspecified atom stereocenters. The number of halogens is 1. The molecule has 2 heterocycles. The quantitative estimate of drug-likeness (QED) is 0.358. The number of hydrogen-bond acceptors (Lipinski definition) is 6. The number of nitrogens with one attached hydrogen (secondary N) is 1. The third-order valence-electron chi connectivity index (χ3n) is 6.01. The van der Waals surface area contributed by atoms with E-state index in [4.69, 9.17) is 16.3 Å². The molecular formula is C24H24ClN5O2S. The summed E-state index contributed by atoms with van der Waals surface area (Å²) >= 11 is 7.63. The minimum absolute atomic E-state index is 0.167. The molecule has 0 aliphatic heterocycles. The fraction of sp³-hybridized carbons (Fsp3) is 0.333. The zero-order valence-electron chi connectivity index (χ0n) is 18.3. The van der Waals surface area contributed by atoms with Gasteiger partial charge in [0.05, 0.1) is 23.8 Å². The van der Waals surface area contributed by atoms with Crippen LogP contribution in [0.15, 0.2) is 52.4 Å². The Kier molecular flexibility index (Phi) is 6.37. The van der Waals surface area contributed by atoms with E-state index in [1.165, 1.54) is 31.0 Å². The zero-order valence-corrected chi connectivity index (χ0v) is 19.8. The van der Waals surface area contributed by atoms with Crippen molar-refractivity contribution < 1.29 is 4.74 Å². The Balaban J connectivity index is 1.47. The summed E-state index contributed by atoms with van der Waals surface area (Å²) in [5.41, 5.74) is 1.43. The minimum Gasteiger partial charge on any atom is -0.497 e. The van der Waals surface area contributed by atoms with Crippen molar-refractivity contribution in [1.29, 1.82) is 0 Å². The minimum atomic E-state index is -0.167. The number of fused-ring (bicyclic) bond motifs is 1. The fourth-order valence-electron chi connectivity index (χ4n) is 4.34. The molecule has 1 N–H and O–H groups in total. The fourth-order valence-corrected chi connectivity index (χ4v) is 5.39. The van der Waals surface area contributed by atoms with E-state index in [1.54, 1.807) is 25.3 Å². The third kappa shape index (κ3) is 4.63. The van der Waals surface area contributed by atoms with Gasteiger partial charge in [-0.3, -0.25) is 9.36 Å². The molecule has 1 saturated carbocycles. The Bertz CT molecular complexity index is 1330. The molecule has 5 rings (SSSR count). The SMILES string of the molecule is COc1ccc(-c2nnc(SCc3nc4cc(Cl)ccc4c(=O)[nH]3)n2C2CCCCC2)cc1. The van der Waals surface area contributed by atoms with Crippen molar-refractivity contribution in [2.45, 2.75) is 49.1 Å². The summed E-state index contributed by atoms with van der Waals surface area (Å²) in [5.74, 6) is 2.73. The van der Waals surface area contributed by atoms with Gasteiger partial charge in [-0.2, -0.15) is 0 Å². The van der Waals surface area contributed by atoms with E-state index in [2.05, 4.69) is 24.7 Å². The second kappa shape index (κ2) is 9.57. The van der Waals surface area contributed by atoms with Crippen LogP contribution in [0.3, 0.4) is 0 Å². The van der Waals surface area contributed by atoms with Crippen LogP contribution < -0.4 is 10.3 Å². The van der Waals surface area contributed by atoms with Crippen molar-refractivity contribution in [2.24, 2.45) is 0 Å². The predicted molar refractivity (Wildman–Crippen MR) is 131 cm³/mol. The molecule has 0 spiro atoms. The molecule has 0 saturated heterocycles. The van der Waals surface area contributed by atoms with Gasteiger partial charge in [-0.1, -0.05) is 42.6 Å². The van der Waals surface area contributed by atoms with E-state index in [0.29, 0.717) is 33.5 Å². The van der Waals surface area contributed by atoms with Crippen LogP contribution in [-0.2, 0) is 5.75 Å². The molecule has 0 amide bonds. The average Bonchev–Trinajstić information content (AvgIpc) is 3.27. The molecule has 7 nitrogen and oxygen atoms in total. The van der Waals surface area contributed by atoms with Crippen LogP contribution in [0.4, 0.5) is 0 Å². The van der Waals surface area contributed by atoms with Crippen molar-refractivity contribution in [2.75, 3.05) is 7.11 Å². The molecule has 0 bridgehead atoms. The van der Waals surface area contributed by atoms with Gasteiger partial charge >= 0.3 is 0 Å². The topological polar surface area (TPSA) is 85.7 Å². The predicted octanol–water partition coefficient (Wildman–Crippen LogP) is 5.64. The van der Waals surface area contributed by atoms with Crippen molar-refractivity contribution in [3.8, 4) is 17.1 Å². The first-order valence-corrected chi connectivity index (χ1v) is 12.4. The Labute approximate surface area is 200 Å². The first-order chi connectivity index (χ1) is 16.1. The van der Waals surface area contributed by atoms with Crippen molar-refractivity contribution in [1.82, 2.24) is 24.7 Å². The van der Waals surface area contributed by atoms with E-state index in [0.717, 1.165) is 35.1 Å². The number of H-pyrrole nitrogens is 1. The van der Waals surface area contributed by atoms with Crippen LogP contribution in [0.25, 0.3) is 22.3 Å². The van der Waals surface area contributed by atoms with Gasteiger partial charge in [-0.05, 0) is 55.3 Å². The van der Waals surface area contributed by atoms with Crippen molar-refractivity contribution >= 4 is 34.3 Å². The molecule has 1 aliphatic rings. The second-order valence-electron chi connectivity index (χ2n) is 8.16. The first kappa shape index (κ1) is 22.0. The second-order valence-corrected chi connectivity index (χ2v) is 9.54. The largest absolute Gasteiger partial charge is 0.497 e. The molecule has 1 aliphatic carbocycles. The molecular weight excluding hydrogens is 458 g/mol. The number of thioether (sulfide) groups is 1. The average molecular weight is 482 g/mol. The Morgan fingerprint density at radius 1 is 1.12 bits per heavy atom. The summed E-state index contributed by atoms with van der Waals surface area (Å²) in [6.07, 6.45) is 5.89. The van der Waals surface area contributed by atoms with Gasteiger partial charge in [-0.25, -0.2) is 4.98 Å². The number of ether oxygens (including phenoxy) is 1. The van der Waals surface area contributed by atoms with Gasteiger partial charge in [0.2, 0.25) is 0 Å². The lowest BCUT2D eigenvalue weighted by Gasteiger charge is -2.25. The van der Waals surface area contributed by atoms with E-state index < -0.39 is 0 Å². The molecule has 0 radical (unpaired) electrons.